The Hall–Kier alpha value is -4.51. The second-order valence-corrected chi connectivity index (χ2v) is 12.6. The summed E-state index contributed by atoms with van der Waals surface area (Å²) in [4.78, 5) is 35.6. The number of anilines is 1. The minimum atomic E-state index is -3.82. The van der Waals surface area contributed by atoms with Gasteiger partial charge in [0.2, 0.25) is 0 Å². The fourth-order valence-corrected chi connectivity index (χ4v) is 6.09. The monoisotopic (exact) mass is 603 g/mol. The number of benzene rings is 3. The number of aryl methyl sites for hydroxylation is 1. The van der Waals surface area contributed by atoms with Gasteiger partial charge in [-0.25, -0.2) is 22.6 Å². The van der Waals surface area contributed by atoms with Gasteiger partial charge in [-0.1, -0.05) is 69.7 Å². The topological polar surface area (TPSA) is 130 Å². The number of aromatic amines is 2. The lowest BCUT2D eigenvalue weighted by atomic mass is 9.91. The van der Waals surface area contributed by atoms with Crippen LogP contribution >= 0.6 is 0 Å². The van der Waals surface area contributed by atoms with E-state index >= 15 is 0 Å². The normalized spacial score (nSPS) is 12.6. The molecule has 0 amide bonds. The van der Waals surface area contributed by atoms with Gasteiger partial charge < -0.3 is 4.98 Å². The number of unbranched alkanes of at least 4 members (excludes halogenated alkanes) is 1. The molecule has 0 aliphatic rings. The average Bonchev–Trinajstić information content (AvgIpc) is 3.43. The number of halogens is 1. The first-order valence-electron chi connectivity index (χ1n) is 14.3. The predicted octanol–water partition coefficient (Wildman–Crippen LogP) is 5.65. The molecule has 0 bridgehead atoms. The Morgan fingerprint density at radius 3 is 2.26 bits per heavy atom. The van der Waals surface area contributed by atoms with Crippen molar-refractivity contribution in [2.45, 2.75) is 63.3 Å². The maximum absolute atomic E-state index is 14.8. The third kappa shape index (κ3) is 6.46. The number of aromatic nitrogens is 4. The van der Waals surface area contributed by atoms with E-state index in [0.29, 0.717) is 29.2 Å². The standard InChI is InChI=1S/C32H34FN5O4S/c1-4-5-18-38-30-28(31(39)36-32(38)40)34-29(35-30)26(19-23-8-6-7-9-27(23)33)22-10-14-24(15-11-22)37-43(41,42)25-16-12-21(13-17-25)20(2)3/h6-17,20,26,37H,4-5,18-19H2,1-3H3,(H,34,35)(H,36,39,40). The Balaban J connectivity index is 1.51. The number of fused-ring (bicyclic) bond motifs is 1. The largest absolute Gasteiger partial charge is 0.336 e. The fraction of sp³-hybridized carbons (Fsp3) is 0.281. The Labute approximate surface area is 248 Å². The average molecular weight is 604 g/mol. The van der Waals surface area contributed by atoms with Crippen LogP contribution in [0.15, 0.2) is 87.3 Å². The summed E-state index contributed by atoms with van der Waals surface area (Å²) in [6.07, 6.45) is 1.78. The van der Waals surface area contributed by atoms with Gasteiger partial charge in [0.05, 0.1) is 4.90 Å². The summed E-state index contributed by atoms with van der Waals surface area (Å²) in [7, 11) is -3.82. The number of H-pyrrole nitrogens is 2. The lowest BCUT2D eigenvalue weighted by molar-refractivity contribution is 0.597. The number of rotatable bonds is 11. The molecule has 0 saturated heterocycles. The Kier molecular flexibility index (Phi) is 8.63. The first-order chi connectivity index (χ1) is 20.6. The molecule has 3 N–H and O–H groups in total. The van der Waals surface area contributed by atoms with Gasteiger partial charge in [-0.3, -0.25) is 19.1 Å². The van der Waals surface area contributed by atoms with Crippen molar-refractivity contribution >= 4 is 26.9 Å². The zero-order valence-corrected chi connectivity index (χ0v) is 25.0. The first kappa shape index (κ1) is 30.0. The minimum Gasteiger partial charge on any atom is -0.336 e. The van der Waals surface area contributed by atoms with Gasteiger partial charge >= 0.3 is 5.69 Å². The third-order valence-electron chi connectivity index (χ3n) is 7.52. The molecule has 224 valence electrons. The van der Waals surface area contributed by atoms with Gasteiger partial charge in [-0.15, -0.1) is 0 Å². The zero-order chi connectivity index (χ0) is 30.7. The van der Waals surface area contributed by atoms with Gasteiger partial charge in [0.25, 0.3) is 15.6 Å². The maximum Gasteiger partial charge on any atom is 0.330 e. The molecule has 0 aliphatic carbocycles. The molecule has 2 aromatic heterocycles. The smallest absolute Gasteiger partial charge is 0.330 e. The molecule has 2 heterocycles. The molecule has 1 unspecified atom stereocenters. The van der Waals surface area contributed by atoms with Gasteiger partial charge in [0.15, 0.2) is 5.65 Å². The van der Waals surface area contributed by atoms with Crippen LogP contribution in [0.4, 0.5) is 10.1 Å². The van der Waals surface area contributed by atoms with Crippen LogP contribution in [0.25, 0.3) is 11.2 Å². The molecule has 9 nitrogen and oxygen atoms in total. The number of sulfonamides is 1. The van der Waals surface area contributed by atoms with E-state index in [-0.39, 0.29) is 34.2 Å². The van der Waals surface area contributed by atoms with E-state index in [1.54, 1.807) is 66.7 Å². The summed E-state index contributed by atoms with van der Waals surface area (Å²) in [5, 5.41) is 0. The summed E-state index contributed by atoms with van der Waals surface area (Å²) in [5.74, 6) is -0.247. The summed E-state index contributed by atoms with van der Waals surface area (Å²) in [6.45, 7) is 6.47. The Morgan fingerprint density at radius 2 is 1.60 bits per heavy atom. The van der Waals surface area contributed by atoms with Crippen LogP contribution in [0.3, 0.4) is 0 Å². The van der Waals surface area contributed by atoms with Crippen LogP contribution in [0.5, 0.6) is 0 Å². The number of nitrogens with zero attached hydrogens (tertiary/aromatic N) is 2. The van der Waals surface area contributed by atoms with Gasteiger partial charge in [-0.2, -0.15) is 0 Å². The van der Waals surface area contributed by atoms with Crippen molar-refractivity contribution in [2.75, 3.05) is 4.72 Å². The molecule has 43 heavy (non-hydrogen) atoms. The van der Waals surface area contributed by atoms with Gasteiger partial charge in [0, 0.05) is 18.2 Å². The van der Waals surface area contributed by atoms with Gasteiger partial charge in [-0.05, 0) is 65.8 Å². The fourth-order valence-electron chi connectivity index (χ4n) is 5.03. The second-order valence-electron chi connectivity index (χ2n) is 10.9. The van der Waals surface area contributed by atoms with E-state index < -0.39 is 27.2 Å². The number of imidazole rings is 1. The first-order valence-corrected chi connectivity index (χ1v) is 15.7. The van der Waals surface area contributed by atoms with E-state index in [1.807, 2.05) is 20.8 Å². The highest BCUT2D eigenvalue weighted by Gasteiger charge is 2.23. The number of nitrogens with one attached hydrogen (secondary N) is 3. The van der Waals surface area contributed by atoms with Crippen LogP contribution in [0, 0.1) is 5.82 Å². The third-order valence-corrected chi connectivity index (χ3v) is 8.92. The Morgan fingerprint density at radius 1 is 0.930 bits per heavy atom. The van der Waals surface area contributed by atoms with Crippen molar-refractivity contribution in [1.29, 1.82) is 0 Å². The summed E-state index contributed by atoms with van der Waals surface area (Å²) in [6, 6.07) is 19.9. The van der Waals surface area contributed by atoms with E-state index in [0.717, 1.165) is 18.4 Å². The SMILES string of the molecule is CCCCn1c(=O)[nH]c(=O)c2[nH]c(C(Cc3ccccc3F)c3ccc(NS(=O)(=O)c4ccc(C(C)C)cc4)cc3)nc21. The van der Waals surface area contributed by atoms with Crippen molar-refractivity contribution in [3.05, 3.63) is 122 Å². The molecule has 3 aromatic carbocycles. The Bertz CT molecular complexity index is 1960. The molecule has 5 aromatic rings. The van der Waals surface area contributed by atoms with Crippen molar-refractivity contribution in [3.63, 3.8) is 0 Å². The molecule has 0 radical (unpaired) electrons. The number of hydrogen-bond donors (Lipinski definition) is 3. The zero-order valence-electron chi connectivity index (χ0n) is 24.2. The minimum absolute atomic E-state index is 0.153. The van der Waals surface area contributed by atoms with Crippen LogP contribution in [-0.4, -0.2) is 27.9 Å². The number of hydrogen-bond acceptors (Lipinski definition) is 5. The van der Waals surface area contributed by atoms with Crippen LogP contribution in [0.1, 0.15) is 68.0 Å². The lowest BCUT2D eigenvalue weighted by Gasteiger charge is -2.17. The molecule has 11 heteroatoms. The van der Waals surface area contributed by atoms with Crippen molar-refractivity contribution in [2.24, 2.45) is 0 Å². The molecule has 0 fully saturated rings. The summed E-state index contributed by atoms with van der Waals surface area (Å²) < 4.78 is 44.9. The van der Waals surface area contributed by atoms with Crippen molar-refractivity contribution in [1.82, 2.24) is 19.5 Å². The highest BCUT2D eigenvalue weighted by atomic mass is 32.2. The predicted molar refractivity (Wildman–Crippen MR) is 166 cm³/mol. The van der Waals surface area contributed by atoms with E-state index in [2.05, 4.69) is 19.7 Å². The maximum atomic E-state index is 14.8. The van der Waals surface area contributed by atoms with Crippen LogP contribution in [-0.2, 0) is 23.0 Å². The molecule has 5 rings (SSSR count). The van der Waals surface area contributed by atoms with Crippen molar-refractivity contribution in [3.8, 4) is 0 Å². The molecule has 1 atom stereocenters. The lowest BCUT2D eigenvalue weighted by Crippen LogP contribution is -2.30. The summed E-state index contributed by atoms with van der Waals surface area (Å²) in [5.41, 5.74) is 1.84. The molecular weight excluding hydrogens is 569 g/mol. The molecule has 0 aliphatic heterocycles. The molecule has 0 saturated carbocycles. The van der Waals surface area contributed by atoms with Crippen LogP contribution < -0.4 is 16.0 Å². The quantitative estimate of drug-likeness (QED) is 0.180. The van der Waals surface area contributed by atoms with E-state index in [1.165, 1.54) is 10.6 Å². The van der Waals surface area contributed by atoms with Crippen molar-refractivity contribution < 1.29 is 12.8 Å². The highest BCUT2D eigenvalue weighted by Crippen LogP contribution is 2.30. The molecular formula is C32H34FN5O4S. The van der Waals surface area contributed by atoms with E-state index in [4.69, 9.17) is 0 Å². The summed E-state index contributed by atoms with van der Waals surface area (Å²) >= 11 is 0. The van der Waals surface area contributed by atoms with E-state index in [9.17, 15) is 22.4 Å². The van der Waals surface area contributed by atoms with Crippen LogP contribution in [0.2, 0.25) is 0 Å². The van der Waals surface area contributed by atoms with Gasteiger partial charge in [0.1, 0.15) is 17.2 Å². The molecule has 0 spiro atoms. The highest BCUT2D eigenvalue weighted by molar-refractivity contribution is 7.92. The second kappa shape index (κ2) is 12.4.